The van der Waals surface area contributed by atoms with Crippen molar-refractivity contribution in [2.45, 2.75) is 62.7 Å². The fourth-order valence-electron chi connectivity index (χ4n) is 5.16. The van der Waals surface area contributed by atoms with Crippen LogP contribution in [-0.4, -0.2) is 87.9 Å². The van der Waals surface area contributed by atoms with Gasteiger partial charge >= 0.3 is 5.97 Å². The summed E-state index contributed by atoms with van der Waals surface area (Å²) in [5, 5.41) is 19.4. The van der Waals surface area contributed by atoms with Gasteiger partial charge in [0.2, 0.25) is 17.7 Å². The summed E-state index contributed by atoms with van der Waals surface area (Å²) < 4.78 is 0. The number of amides is 3. The van der Waals surface area contributed by atoms with E-state index in [4.69, 9.17) is 0 Å². The van der Waals surface area contributed by atoms with Crippen LogP contribution in [0.3, 0.4) is 0 Å². The summed E-state index contributed by atoms with van der Waals surface area (Å²) in [6.45, 7) is 1.10. The van der Waals surface area contributed by atoms with Crippen LogP contribution in [-0.2, 0) is 25.6 Å². The molecule has 1 aromatic carbocycles. The SMILES string of the molecule is CSCCC(NC(=O)C(Cc1c[nH]c2ccccc12)NC(=O)C1CCCN1)C(=O)N1CCCC1C(=O)O. The van der Waals surface area contributed by atoms with Crippen molar-refractivity contribution < 1.29 is 24.3 Å². The zero-order chi connectivity index (χ0) is 26.4. The van der Waals surface area contributed by atoms with E-state index in [1.165, 1.54) is 4.90 Å². The van der Waals surface area contributed by atoms with Crippen LogP contribution in [0.5, 0.6) is 0 Å². The number of aliphatic carboxylic acids is 1. The normalized spacial score (nSPS) is 21.1. The summed E-state index contributed by atoms with van der Waals surface area (Å²) >= 11 is 1.54. The van der Waals surface area contributed by atoms with E-state index in [2.05, 4.69) is 20.9 Å². The number of benzene rings is 1. The summed E-state index contributed by atoms with van der Waals surface area (Å²) in [6.07, 6.45) is 6.97. The van der Waals surface area contributed by atoms with E-state index in [-0.39, 0.29) is 24.3 Å². The van der Waals surface area contributed by atoms with Crippen molar-refractivity contribution in [1.82, 2.24) is 25.8 Å². The summed E-state index contributed by atoms with van der Waals surface area (Å²) in [5.74, 6) is -1.50. The van der Waals surface area contributed by atoms with Crippen molar-refractivity contribution in [3.8, 4) is 0 Å². The number of aromatic nitrogens is 1. The third kappa shape index (κ3) is 6.45. The van der Waals surface area contributed by atoms with Crippen LogP contribution in [0.1, 0.15) is 37.7 Å². The molecule has 2 fully saturated rings. The van der Waals surface area contributed by atoms with Crippen LogP contribution in [0.4, 0.5) is 0 Å². The third-order valence-corrected chi connectivity index (χ3v) is 7.80. The monoisotopic (exact) mass is 529 g/mol. The first-order chi connectivity index (χ1) is 17.9. The fraction of sp³-hybridized carbons (Fsp3) is 0.538. The lowest BCUT2D eigenvalue weighted by Crippen LogP contribution is -2.57. The summed E-state index contributed by atoms with van der Waals surface area (Å²) in [4.78, 5) is 56.2. The van der Waals surface area contributed by atoms with E-state index in [9.17, 15) is 24.3 Å². The molecule has 3 amide bonds. The molecule has 2 aliphatic rings. The molecule has 5 N–H and O–H groups in total. The summed E-state index contributed by atoms with van der Waals surface area (Å²) in [6, 6.07) is 4.75. The Morgan fingerprint density at radius 1 is 1.14 bits per heavy atom. The number of hydrogen-bond acceptors (Lipinski definition) is 6. The van der Waals surface area contributed by atoms with E-state index in [1.807, 2.05) is 36.7 Å². The molecule has 2 saturated heterocycles. The highest BCUT2D eigenvalue weighted by molar-refractivity contribution is 7.98. The minimum atomic E-state index is -1.03. The molecule has 0 saturated carbocycles. The van der Waals surface area contributed by atoms with Gasteiger partial charge in [-0.2, -0.15) is 11.8 Å². The minimum absolute atomic E-state index is 0.241. The molecule has 11 heteroatoms. The number of hydrogen-bond donors (Lipinski definition) is 5. The number of likely N-dealkylation sites (tertiary alicyclic amines) is 1. The number of nitrogens with one attached hydrogen (secondary N) is 4. The van der Waals surface area contributed by atoms with Crippen LogP contribution in [0.15, 0.2) is 30.5 Å². The Hall–Kier alpha value is -3.05. The topological polar surface area (TPSA) is 144 Å². The maximum absolute atomic E-state index is 13.6. The Labute approximate surface area is 220 Å². The van der Waals surface area contributed by atoms with Crippen molar-refractivity contribution in [3.63, 3.8) is 0 Å². The lowest BCUT2D eigenvalue weighted by molar-refractivity contribution is -0.149. The molecule has 200 valence electrons. The molecule has 0 spiro atoms. The standard InChI is InChI=1S/C26H35N5O5S/c1-37-13-10-20(25(34)31-12-5-9-22(31)26(35)36)29-24(33)21(30-23(32)19-8-4-11-27-19)14-16-15-28-18-7-3-2-6-17(16)18/h2-3,6-7,15,19-22,27-28H,4-5,8-14H2,1H3,(H,29,33)(H,30,32)(H,35,36). The number of carbonyl (C=O) groups is 4. The first-order valence-corrected chi connectivity index (χ1v) is 14.2. The third-order valence-electron chi connectivity index (χ3n) is 7.15. The molecule has 2 aromatic rings. The quantitative estimate of drug-likeness (QED) is 0.295. The van der Waals surface area contributed by atoms with Gasteiger partial charge in [0.15, 0.2) is 0 Å². The highest BCUT2D eigenvalue weighted by atomic mass is 32.2. The molecule has 0 bridgehead atoms. The van der Waals surface area contributed by atoms with Gasteiger partial charge in [0.1, 0.15) is 18.1 Å². The summed E-state index contributed by atoms with van der Waals surface area (Å²) in [5.41, 5.74) is 1.81. The second kappa shape index (κ2) is 12.5. The molecule has 0 aliphatic carbocycles. The lowest BCUT2D eigenvalue weighted by Gasteiger charge is -2.29. The van der Waals surface area contributed by atoms with Crippen molar-refractivity contribution in [1.29, 1.82) is 0 Å². The second-order valence-corrected chi connectivity index (χ2v) is 10.6. The molecule has 1 aromatic heterocycles. The van der Waals surface area contributed by atoms with E-state index in [1.54, 1.807) is 11.8 Å². The van der Waals surface area contributed by atoms with E-state index < -0.39 is 30.0 Å². The Balaban J connectivity index is 1.54. The molecule has 2 aliphatic heterocycles. The molecule has 0 radical (unpaired) electrons. The van der Waals surface area contributed by atoms with Crippen LogP contribution in [0, 0.1) is 0 Å². The predicted molar refractivity (Wildman–Crippen MR) is 142 cm³/mol. The first-order valence-electron chi connectivity index (χ1n) is 12.8. The molecular formula is C26H35N5O5S. The largest absolute Gasteiger partial charge is 0.480 e. The number of H-pyrrole nitrogens is 1. The van der Waals surface area contributed by atoms with Crippen LogP contribution < -0.4 is 16.0 Å². The average Bonchev–Trinajstić information content (AvgIpc) is 3.66. The maximum Gasteiger partial charge on any atom is 0.326 e. The van der Waals surface area contributed by atoms with Crippen LogP contribution in [0.25, 0.3) is 10.9 Å². The zero-order valence-electron chi connectivity index (χ0n) is 21.0. The number of para-hydroxylation sites is 1. The minimum Gasteiger partial charge on any atom is -0.480 e. The number of fused-ring (bicyclic) bond motifs is 1. The van der Waals surface area contributed by atoms with E-state index >= 15 is 0 Å². The van der Waals surface area contributed by atoms with Gasteiger partial charge in [0.25, 0.3) is 0 Å². The van der Waals surface area contributed by atoms with Crippen molar-refractivity contribution in [2.24, 2.45) is 0 Å². The van der Waals surface area contributed by atoms with Crippen LogP contribution in [0.2, 0.25) is 0 Å². The molecule has 3 heterocycles. The highest BCUT2D eigenvalue weighted by Gasteiger charge is 2.38. The number of carbonyl (C=O) groups excluding carboxylic acids is 3. The molecule has 4 unspecified atom stereocenters. The maximum atomic E-state index is 13.6. The highest BCUT2D eigenvalue weighted by Crippen LogP contribution is 2.21. The second-order valence-electron chi connectivity index (χ2n) is 9.64. The van der Waals surface area contributed by atoms with Gasteiger partial charge in [0, 0.05) is 30.1 Å². The first kappa shape index (κ1) is 27.0. The van der Waals surface area contributed by atoms with Gasteiger partial charge in [-0.3, -0.25) is 14.4 Å². The van der Waals surface area contributed by atoms with Crippen molar-refractivity contribution in [2.75, 3.05) is 25.1 Å². The molecule has 4 atom stereocenters. The Morgan fingerprint density at radius 2 is 1.95 bits per heavy atom. The number of aromatic amines is 1. The summed E-state index contributed by atoms with van der Waals surface area (Å²) in [7, 11) is 0. The van der Waals surface area contributed by atoms with Gasteiger partial charge < -0.3 is 30.9 Å². The molecular weight excluding hydrogens is 494 g/mol. The smallest absolute Gasteiger partial charge is 0.326 e. The Kier molecular flexibility index (Phi) is 9.09. The number of carboxylic acids is 1. The number of rotatable bonds is 11. The average molecular weight is 530 g/mol. The Bertz CT molecular complexity index is 1130. The van der Waals surface area contributed by atoms with E-state index in [0.29, 0.717) is 38.0 Å². The van der Waals surface area contributed by atoms with Crippen molar-refractivity contribution in [3.05, 3.63) is 36.0 Å². The molecule has 10 nitrogen and oxygen atoms in total. The number of carboxylic acid groups (broad SMARTS) is 1. The van der Waals surface area contributed by atoms with Gasteiger partial charge in [-0.05, 0) is 62.3 Å². The number of thioether (sulfide) groups is 1. The van der Waals surface area contributed by atoms with Crippen LogP contribution >= 0.6 is 11.8 Å². The lowest BCUT2D eigenvalue weighted by atomic mass is 10.0. The van der Waals surface area contributed by atoms with Gasteiger partial charge in [-0.15, -0.1) is 0 Å². The molecule has 4 rings (SSSR count). The van der Waals surface area contributed by atoms with Gasteiger partial charge in [0.05, 0.1) is 6.04 Å². The Morgan fingerprint density at radius 3 is 2.68 bits per heavy atom. The fourth-order valence-corrected chi connectivity index (χ4v) is 5.63. The molecule has 37 heavy (non-hydrogen) atoms. The van der Waals surface area contributed by atoms with Gasteiger partial charge in [-0.25, -0.2) is 4.79 Å². The van der Waals surface area contributed by atoms with E-state index in [0.717, 1.165) is 29.4 Å². The van der Waals surface area contributed by atoms with Crippen molar-refractivity contribution >= 4 is 46.4 Å². The predicted octanol–water partition coefficient (Wildman–Crippen LogP) is 1.26. The van der Waals surface area contributed by atoms with Gasteiger partial charge in [-0.1, -0.05) is 18.2 Å². The zero-order valence-corrected chi connectivity index (χ0v) is 21.8. The number of nitrogens with zero attached hydrogens (tertiary/aromatic N) is 1.